The highest BCUT2D eigenvalue weighted by molar-refractivity contribution is 5.87. The molecule has 15 heavy (non-hydrogen) atoms. The van der Waals surface area contributed by atoms with Crippen molar-refractivity contribution < 1.29 is 9.59 Å². The molecule has 2 amide bonds. The van der Waals surface area contributed by atoms with E-state index in [0.717, 1.165) is 19.3 Å². The molecule has 0 bridgehead atoms. The van der Waals surface area contributed by atoms with Crippen molar-refractivity contribution in [2.75, 3.05) is 6.54 Å². The Hall–Kier alpha value is -1.10. The summed E-state index contributed by atoms with van der Waals surface area (Å²) in [6, 6.07) is -0.811. The van der Waals surface area contributed by atoms with E-state index in [2.05, 4.69) is 12.2 Å². The third kappa shape index (κ3) is 7.93. The number of carbonyl (C=O) groups excluding carboxylic acids is 2. The fourth-order valence-corrected chi connectivity index (χ4v) is 1.20. The summed E-state index contributed by atoms with van der Waals surface area (Å²) >= 11 is 0. The van der Waals surface area contributed by atoms with Gasteiger partial charge in [0.1, 0.15) is 0 Å². The van der Waals surface area contributed by atoms with E-state index in [-0.39, 0.29) is 12.3 Å². The molecule has 5 heteroatoms. The normalized spacial score (nSPS) is 12.1. The van der Waals surface area contributed by atoms with E-state index in [1.807, 2.05) is 0 Å². The molecule has 0 spiro atoms. The molecule has 0 aliphatic rings. The molecule has 5 nitrogen and oxygen atoms in total. The van der Waals surface area contributed by atoms with Crippen molar-refractivity contribution in [3.63, 3.8) is 0 Å². The highest BCUT2D eigenvalue weighted by Gasteiger charge is 2.14. The van der Waals surface area contributed by atoms with Crippen LogP contribution in [0.2, 0.25) is 0 Å². The van der Waals surface area contributed by atoms with Gasteiger partial charge in [0.15, 0.2) is 0 Å². The molecular formula is C10H21N3O2. The summed E-state index contributed by atoms with van der Waals surface area (Å²) < 4.78 is 0. The van der Waals surface area contributed by atoms with Crippen LogP contribution in [0.15, 0.2) is 0 Å². The zero-order valence-corrected chi connectivity index (χ0v) is 9.29. The lowest BCUT2D eigenvalue weighted by atomic mass is 10.2. The first-order valence-corrected chi connectivity index (χ1v) is 5.39. The van der Waals surface area contributed by atoms with Gasteiger partial charge in [-0.15, -0.1) is 0 Å². The quantitative estimate of drug-likeness (QED) is 0.492. The van der Waals surface area contributed by atoms with Crippen molar-refractivity contribution in [2.24, 2.45) is 11.5 Å². The largest absolute Gasteiger partial charge is 0.370 e. The zero-order chi connectivity index (χ0) is 11.7. The maximum Gasteiger partial charge on any atom is 0.237 e. The minimum absolute atomic E-state index is 0.0964. The number of unbranched alkanes of at least 4 members (excludes halogenated alkanes) is 3. The van der Waals surface area contributed by atoms with Crippen LogP contribution in [0, 0.1) is 0 Å². The van der Waals surface area contributed by atoms with Gasteiger partial charge >= 0.3 is 0 Å². The molecule has 0 saturated carbocycles. The topological polar surface area (TPSA) is 98.2 Å². The smallest absolute Gasteiger partial charge is 0.237 e. The summed E-state index contributed by atoms with van der Waals surface area (Å²) in [6.07, 6.45) is 4.28. The minimum atomic E-state index is -0.811. The molecule has 0 aliphatic heterocycles. The van der Waals surface area contributed by atoms with Gasteiger partial charge in [-0.05, 0) is 6.42 Å². The number of hydrogen-bond acceptors (Lipinski definition) is 3. The van der Waals surface area contributed by atoms with Gasteiger partial charge in [-0.3, -0.25) is 9.59 Å². The van der Waals surface area contributed by atoms with Crippen LogP contribution in [0.4, 0.5) is 0 Å². The third-order valence-electron chi connectivity index (χ3n) is 2.09. The molecule has 0 aromatic rings. The lowest BCUT2D eigenvalue weighted by Gasteiger charge is -2.10. The van der Waals surface area contributed by atoms with Crippen LogP contribution in [0.1, 0.15) is 39.0 Å². The number of nitrogens with two attached hydrogens (primary N) is 2. The molecule has 5 N–H and O–H groups in total. The average Bonchev–Trinajstić information content (AvgIpc) is 2.16. The Kier molecular flexibility index (Phi) is 7.62. The monoisotopic (exact) mass is 215 g/mol. The van der Waals surface area contributed by atoms with Crippen LogP contribution in [0.25, 0.3) is 0 Å². The molecule has 0 unspecified atom stereocenters. The van der Waals surface area contributed by atoms with E-state index >= 15 is 0 Å². The number of primary amides is 1. The van der Waals surface area contributed by atoms with Crippen molar-refractivity contribution in [2.45, 2.75) is 45.1 Å². The maximum absolute atomic E-state index is 11.3. The summed E-state index contributed by atoms with van der Waals surface area (Å²) in [5.41, 5.74) is 10.4. The van der Waals surface area contributed by atoms with Crippen LogP contribution < -0.4 is 16.8 Å². The van der Waals surface area contributed by atoms with Gasteiger partial charge in [-0.1, -0.05) is 26.2 Å². The third-order valence-corrected chi connectivity index (χ3v) is 2.09. The fourth-order valence-electron chi connectivity index (χ4n) is 1.20. The zero-order valence-electron chi connectivity index (χ0n) is 9.29. The van der Waals surface area contributed by atoms with E-state index in [4.69, 9.17) is 11.5 Å². The number of nitrogens with one attached hydrogen (secondary N) is 1. The highest BCUT2D eigenvalue weighted by Crippen LogP contribution is 1.97. The highest BCUT2D eigenvalue weighted by atomic mass is 16.2. The van der Waals surface area contributed by atoms with Gasteiger partial charge in [0.05, 0.1) is 12.5 Å². The molecule has 0 heterocycles. The molecule has 1 atom stereocenters. The Bertz CT molecular complexity index is 207. The Labute approximate surface area is 90.6 Å². The van der Waals surface area contributed by atoms with Gasteiger partial charge in [0.25, 0.3) is 0 Å². The van der Waals surface area contributed by atoms with E-state index in [1.165, 1.54) is 6.42 Å². The lowest BCUT2D eigenvalue weighted by molar-refractivity contribution is -0.126. The van der Waals surface area contributed by atoms with E-state index in [9.17, 15) is 9.59 Å². The second-order valence-electron chi connectivity index (χ2n) is 3.63. The van der Waals surface area contributed by atoms with Crippen LogP contribution in [0.3, 0.4) is 0 Å². The minimum Gasteiger partial charge on any atom is -0.370 e. The first kappa shape index (κ1) is 13.9. The van der Waals surface area contributed by atoms with Gasteiger partial charge in [0, 0.05) is 6.54 Å². The molecular weight excluding hydrogens is 194 g/mol. The molecule has 0 aromatic heterocycles. The Morgan fingerprint density at radius 1 is 1.27 bits per heavy atom. The van der Waals surface area contributed by atoms with E-state index in [1.54, 1.807) is 0 Å². The first-order chi connectivity index (χ1) is 7.07. The SMILES string of the molecule is CCCCCCNC(=O)[C@@H](N)CC(N)=O. The van der Waals surface area contributed by atoms with Crippen LogP contribution >= 0.6 is 0 Å². The lowest BCUT2D eigenvalue weighted by Crippen LogP contribution is -2.43. The van der Waals surface area contributed by atoms with Crippen LogP contribution in [-0.4, -0.2) is 24.4 Å². The Morgan fingerprint density at radius 3 is 2.47 bits per heavy atom. The Balaban J connectivity index is 3.51. The van der Waals surface area contributed by atoms with Crippen molar-refractivity contribution in [3.05, 3.63) is 0 Å². The van der Waals surface area contributed by atoms with Gasteiger partial charge in [-0.2, -0.15) is 0 Å². The van der Waals surface area contributed by atoms with Crippen molar-refractivity contribution in [1.29, 1.82) is 0 Å². The standard InChI is InChI=1S/C10H21N3O2/c1-2-3-4-5-6-13-10(15)8(11)7-9(12)14/h8H,2-7,11H2,1H3,(H2,12,14)(H,13,15)/t8-/m0/s1. The number of amides is 2. The first-order valence-electron chi connectivity index (χ1n) is 5.39. The summed E-state index contributed by atoms with van der Waals surface area (Å²) in [4.78, 5) is 21.8. The number of hydrogen-bond donors (Lipinski definition) is 3. The second kappa shape index (κ2) is 8.23. The number of carbonyl (C=O) groups is 2. The van der Waals surface area contributed by atoms with Gasteiger partial charge < -0.3 is 16.8 Å². The molecule has 0 rings (SSSR count). The predicted octanol–water partition coefficient (Wildman–Crippen LogP) is -0.114. The summed E-state index contributed by atoms with van der Waals surface area (Å²) in [5.74, 6) is -0.853. The molecule has 0 aliphatic carbocycles. The van der Waals surface area contributed by atoms with Gasteiger partial charge in [-0.25, -0.2) is 0 Å². The maximum atomic E-state index is 11.3. The number of rotatable bonds is 8. The second-order valence-corrected chi connectivity index (χ2v) is 3.63. The van der Waals surface area contributed by atoms with E-state index in [0.29, 0.717) is 6.54 Å². The fraction of sp³-hybridized carbons (Fsp3) is 0.800. The summed E-state index contributed by atoms with van der Waals surface area (Å²) in [6.45, 7) is 2.74. The molecule has 0 saturated heterocycles. The van der Waals surface area contributed by atoms with E-state index < -0.39 is 11.9 Å². The average molecular weight is 215 g/mol. The summed E-state index contributed by atoms with van der Waals surface area (Å²) in [7, 11) is 0. The summed E-state index contributed by atoms with van der Waals surface area (Å²) in [5, 5.41) is 2.67. The van der Waals surface area contributed by atoms with Crippen LogP contribution in [0.5, 0.6) is 0 Å². The van der Waals surface area contributed by atoms with Crippen molar-refractivity contribution in [3.8, 4) is 0 Å². The Morgan fingerprint density at radius 2 is 1.93 bits per heavy atom. The van der Waals surface area contributed by atoms with Crippen molar-refractivity contribution >= 4 is 11.8 Å². The van der Waals surface area contributed by atoms with Crippen molar-refractivity contribution in [1.82, 2.24) is 5.32 Å². The molecule has 0 radical (unpaired) electrons. The van der Waals surface area contributed by atoms with Crippen LogP contribution in [-0.2, 0) is 9.59 Å². The molecule has 0 fully saturated rings. The van der Waals surface area contributed by atoms with Gasteiger partial charge in [0.2, 0.25) is 11.8 Å². The molecule has 0 aromatic carbocycles. The molecule has 88 valence electrons. The predicted molar refractivity (Wildman–Crippen MR) is 58.9 cm³/mol.